The first kappa shape index (κ1) is 63.0. The van der Waals surface area contributed by atoms with Crippen LogP contribution in [-0.2, 0) is 58.8 Å². The van der Waals surface area contributed by atoms with E-state index in [1.807, 2.05) is 0 Å². The van der Waals surface area contributed by atoms with Gasteiger partial charge in [0.1, 0.15) is 31.6 Å². The van der Waals surface area contributed by atoms with E-state index in [4.69, 9.17) is 11.6 Å². The fourth-order valence-electron chi connectivity index (χ4n) is 4.83. The van der Waals surface area contributed by atoms with Gasteiger partial charge in [-0.25, -0.2) is 33.7 Å². The summed E-state index contributed by atoms with van der Waals surface area (Å²) in [6.45, 7) is 0.273. The third-order valence-electron chi connectivity index (χ3n) is 7.15. The smallest absolute Gasteiger partial charge is 0.744 e. The van der Waals surface area contributed by atoms with Gasteiger partial charge in [-0.2, -0.15) is 19.3 Å². The van der Waals surface area contributed by atoms with Crippen molar-refractivity contribution in [2.75, 3.05) is 28.3 Å². The molecule has 5 rings (SSSR count). The number of fused-ring (bicyclic) bond motifs is 1. The predicted molar refractivity (Wildman–Crippen MR) is 205 cm³/mol. The number of hydrogen-bond donors (Lipinski definition) is 3. The van der Waals surface area contributed by atoms with Crippen LogP contribution in [0.2, 0.25) is 5.28 Å². The van der Waals surface area contributed by atoms with Gasteiger partial charge in [0.2, 0.25) is 33.5 Å². The molecule has 24 nitrogen and oxygen atoms in total. The topological polar surface area (TPSA) is 373 Å². The molecule has 322 valence electrons. The van der Waals surface area contributed by atoms with Crippen LogP contribution in [-0.4, -0.2) is 80.5 Å². The van der Waals surface area contributed by atoms with Crippen molar-refractivity contribution in [1.29, 1.82) is 0 Å². The van der Waals surface area contributed by atoms with E-state index in [2.05, 4.69) is 54.7 Å². The largest absolute Gasteiger partial charge is 1.00 e. The van der Waals surface area contributed by atoms with Gasteiger partial charge in [0.15, 0.2) is 9.84 Å². The van der Waals surface area contributed by atoms with Crippen molar-refractivity contribution < 1.29 is 189 Å². The third-order valence-corrected chi connectivity index (χ3v) is 11.8. The van der Waals surface area contributed by atoms with Crippen LogP contribution < -0.4 is 139 Å². The van der Waals surface area contributed by atoms with Gasteiger partial charge in [0, 0.05) is 28.6 Å². The normalized spacial score (nSPS) is 11.5. The number of nitrogens with one attached hydrogen (secondary N) is 3. The molecular formula is C30H25ClN8Na4O16S5. The minimum Gasteiger partial charge on any atom is -0.744 e. The molecule has 0 radical (unpaired) electrons. The molecule has 5 aromatic rings. The number of rotatable bonds is 17. The van der Waals surface area contributed by atoms with Gasteiger partial charge in [0.25, 0.3) is 0 Å². The molecule has 0 spiro atoms. The molecule has 0 aliphatic carbocycles. The molecular weight excluding hydrogens is 1020 g/mol. The van der Waals surface area contributed by atoms with Crippen molar-refractivity contribution in [2.24, 2.45) is 10.2 Å². The molecule has 0 aliphatic heterocycles. The second-order valence-corrected chi connectivity index (χ2v) is 18.2. The van der Waals surface area contributed by atoms with E-state index in [0.717, 1.165) is 31.2 Å². The molecule has 0 atom stereocenters. The zero-order chi connectivity index (χ0) is 43.3. The van der Waals surface area contributed by atoms with Crippen molar-refractivity contribution in [3.63, 3.8) is 0 Å². The van der Waals surface area contributed by atoms with E-state index in [-0.39, 0.29) is 198 Å². The van der Waals surface area contributed by atoms with Gasteiger partial charge in [-0.1, -0.05) is 7.43 Å². The average Bonchev–Trinajstić information content (AvgIpc) is 3.11. The summed E-state index contributed by atoms with van der Waals surface area (Å²) < 4.78 is 138. The molecule has 0 unspecified atom stereocenters. The number of nitrogens with zero attached hydrogens (tertiary/aromatic N) is 5. The fourth-order valence-corrected chi connectivity index (χ4v) is 8.34. The Morgan fingerprint density at radius 1 is 0.750 bits per heavy atom. The molecule has 3 N–H and O–H groups in total. The second kappa shape index (κ2) is 26.7. The average molecular weight is 1040 g/mol. The first-order valence-corrected chi connectivity index (χ1v) is 22.3. The Morgan fingerprint density at radius 3 is 1.86 bits per heavy atom. The molecule has 0 saturated carbocycles. The quantitative estimate of drug-likeness (QED) is 0.0148. The van der Waals surface area contributed by atoms with Crippen LogP contribution in [0.4, 0.5) is 40.3 Å². The minimum atomic E-state index is -5.33. The third kappa shape index (κ3) is 18.5. The molecule has 0 bridgehead atoms. The van der Waals surface area contributed by atoms with E-state index in [1.165, 1.54) is 42.5 Å². The van der Waals surface area contributed by atoms with Gasteiger partial charge in [-0.3, -0.25) is 14.0 Å². The minimum absolute atomic E-state index is 0. The Hall–Kier alpha value is -1.02. The molecule has 0 fully saturated rings. The van der Waals surface area contributed by atoms with Crippen LogP contribution in [0.5, 0.6) is 0 Å². The standard InChI is InChI=1S/C29H25ClN8O16S5.CH4.4Na/c1-15(39)31-23-12-18(33-29-35-27(30)34-28(36-29)32-17-2-5-20(6-3-17)56(41,42)9-8-52-59(49,50)51)4-7-22(23)37-38-24-14-21-16(11-26(24)58(46,47)48)10-19(55-54-53-40)13-25(21)57(43,44)45;;;;;/h2-7,10-14,40H,8-9H2,1H3,(H,31,39)(H,43,44,45)(H,46,47,48)(H,49,50,51)(H2,32,33,34,35,36);1H4;;;;/q;;4*+1/p-4. The Morgan fingerprint density at radius 2 is 1.31 bits per heavy atom. The SMILES string of the molecule is C.CC(=O)Nc1cc(Nc2nc(Cl)nc(Nc3ccc(S(=O)(=O)CCOS(=O)(=O)[O-])cc3)n2)ccc1N=Nc1cc2c(S(=O)(=O)[O-])cc(SOO[O-])cc2cc1S(=O)(=O)[O-].[Na+].[Na+].[Na+].[Na+]. The van der Waals surface area contributed by atoms with Crippen molar-refractivity contribution in [2.45, 2.75) is 33.9 Å². The molecule has 1 aromatic heterocycles. The number of benzene rings is 4. The summed E-state index contributed by atoms with van der Waals surface area (Å²) in [5.74, 6) is -1.67. The van der Waals surface area contributed by atoms with Crippen LogP contribution in [0.3, 0.4) is 0 Å². The molecule has 0 saturated heterocycles. The summed E-state index contributed by atoms with van der Waals surface area (Å²) in [7, 11) is -19.7. The summed E-state index contributed by atoms with van der Waals surface area (Å²) in [5, 5.41) is 28.4. The number of anilines is 5. The number of sulfone groups is 1. The zero-order valence-electron chi connectivity index (χ0n) is 33.0. The molecule has 1 amide bonds. The number of azo groups is 1. The molecule has 64 heavy (non-hydrogen) atoms. The van der Waals surface area contributed by atoms with Crippen LogP contribution in [0.25, 0.3) is 10.8 Å². The monoisotopic (exact) mass is 1040 g/mol. The van der Waals surface area contributed by atoms with Crippen molar-refractivity contribution >= 4 is 121 Å². The number of hydrogen-bond acceptors (Lipinski definition) is 24. The van der Waals surface area contributed by atoms with Crippen LogP contribution in [0.1, 0.15) is 14.4 Å². The van der Waals surface area contributed by atoms with Crippen LogP contribution >= 0.6 is 23.6 Å². The maximum absolute atomic E-state index is 12.5. The Balaban J connectivity index is 0.00000794. The fraction of sp³-hybridized carbons (Fsp3) is 0.133. The predicted octanol–water partition coefficient (Wildman–Crippen LogP) is -8.52. The van der Waals surface area contributed by atoms with E-state index >= 15 is 0 Å². The van der Waals surface area contributed by atoms with Crippen LogP contribution in [0, 0.1) is 0 Å². The molecule has 4 aromatic carbocycles. The van der Waals surface area contributed by atoms with Gasteiger partial charge in [-0.05, 0) is 83.7 Å². The Bertz CT molecular complexity index is 2950. The molecule has 34 heteroatoms. The van der Waals surface area contributed by atoms with Gasteiger partial charge < -0.3 is 34.9 Å². The van der Waals surface area contributed by atoms with E-state index < -0.39 is 74.2 Å². The summed E-state index contributed by atoms with van der Waals surface area (Å²) in [4.78, 5) is 22.0. The van der Waals surface area contributed by atoms with Gasteiger partial charge >= 0.3 is 118 Å². The van der Waals surface area contributed by atoms with Crippen molar-refractivity contribution in [3.05, 3.63) is 72.0 Å². The van der Waals surface area contributed by atoms with Crippen LogP contribution in [0.15, 0.2) is 96.5 Å². The summed E-state index contributed by atoms with van der Waals surface area (Å²) >= 11 is 6.29. The number of halogens is 1. The Kier molecular flexibility index (Phi) is 26.2. The van der Waals surface area contributed by atoms with Crippen molar-refractivity contribution in [3.8, 4) is 0 Å². The second-order valence-electron chi connectivity index (χ2n) is 11.3. The maximum atomic E-state index is 12.5. The molecule has 0 aliphatic rings. The Labute approximate surface area is 463 Å². The number of aromatic nitrogens is 3. The van der Waals surface area contributed by atoms with Gasteiger partial charge in [-0.15, -0.1) is 10.2 Å². The first-order chi connectivity index (χ1) is 27.5. The number of amides is 1. The summed E-state index contributed by atoms with van der Waals surface area (Å²) in [5.41, 5.74) is -0.385. The summed E-state index contributed by atoms with van der Waals surface area (Å²) in [6.07, 6.45) is 0. The molecule has 1 heterocycles. The zero-order valence-corrected chi connectivity index (χ0v) is 45.8. The van der Waals surface area contributed by atoms with Gasteiger partial charge in [0.05, 0.1) is 44.8 Å². The van der Waals surface area contributed by atoms with Crippen molar-refractivity contribution in [1.82, 2.24) is 15.0 Å². The number of carbonyl (C=O) groups is 1. The number of carbonyl (C=O) groups excluding carboxylic acids is 1. The van der Waals surface area contributed by atoms with E-state index in [1.54, 1.807) is 0 Å². The van der Waals surface area contributed by atoms with E-state index in [0.29, 0.717) is 0 Å². The summed E-state index contributed by atoms with van der Waals surface area (Å²) in [6, 6.07) is 12.5. The maximum Gasteiger partial charge on any atom is 1.00 e. The first-order valence-electron chi connectivity index (χ1n) is 15.4. The van der Waals surface area contributed by atoms with E-state index in [9.17, 15) is 57.4 Å².